The lowest BCUT2D eigenvalue weighted by molar-refractivity contribution is -0.130. The number of rotatable bonds is 9. The number of hydrogen-bond donors (Lipinski definition) is 1. The molecule has 4 aromatic rings. The number of carbonyl (C=O) groups is 2. The molecule has 1 aliphatic rings. The highest BCUT2D eigenvalue weighted by Crippen LogP contribution is 2.39. The molecule has 0 aliphatic carbocycles. The summed E-state index contributed by atoms with van der Waals surface area (Å²) in [4.78, 5) is 26.8. The second kappa shape index (κ2) is 10.5. The number of hydrogen-bond acceptors (Lipinski definition) is 9. The van der Waals surface area contributed by atoms with E-state index in [1.165, 1.54) is 21.3 Å². The Hall–Kier alpha value is -4.44. The fraction of sp³-hybridized carbons (Fsp3) is 0.214. The van der Waals surface area contributed by atoms with Crippen LogP contribution < -0.4 is 18.9 Å². The quantitative estimate of drug-likeness (QED) is 0.243. The van der Waals surface area contributed by atoms with Gasteiger partial charge in [0.05, 0.1) is 45.2 Å². The van der Waals surface area contributed by atoms with Gasteiger partial charge < -0.3 is 24.1 Å². The molecule has 0 saturated heterocycles. The second-order valence-electron chi connectivity index (χ2n) is 8.59. The Balaban J connectivity index is 1.70. The van der Waals surface area contributed by atoms with E-state index in [-0.39, 0.29) is 17.6 Å². The fourth-order valence-electron chi connectivity index (χ4n) is 4.59. The summed E-state index contributed by atoms with van der Waals surface area (Å²) in [5, 5.41) is 10.4. The Morgan fingerprint density at radius 2 is 1.63 bits per heavy atom. The van der Waals surface area contributed by atoms with E-state index in [0.717, 1.165) is 23.0 Å². The smallest absolute Gasteiger partial charge is 0.336 e. The van der Waals surface area contributed by atoms with Gasteiger partial charge in [0.1, 0.15) is 16.8 Å². The second-order valence-corrected chi connectivity index (χ2v) is 9.12. The molecule has 9 nitrogen and oxygen atoms in total. The van der Waals surface area contributed by atoms with E-state index in [1.54, 1.807) is 48.5 Å². The van der Waals surface area contributed by atoms with Crippen LogP contribution in [0.2, 0.25) is 0 Å². The first-order chi connectivity index (χ1) is 18.4. The molecule has 0 fully saturated rings. The molecule has 0 radical (unpaired) electrons. The normalized spacial score (nSPS) is 12.9. The number of allylic oxidation sites excluding steroid dienone is 1. The summed E-state index contributed by atoms with van der Waals surface area (Å²) in [5.74, 6) is 0.298. The average molecular weight is 533 g/mol. The van der Waals surface area contributed by atoms with Gasteiger partial charge in [-0.05, 0) is 59.2 Å². The van der Waals surface area contributed by atoms with E-state index >= 15 is 0 Å². The van der Waals surface area contributed by atoms with Crippen molar-refractivity contribution < 1.29 is 33.6 Å². The van der Waals surface area contributed by atoms with E-state index in [9.17, 15) is 14.7 Å². The summed E-state index contributed by atoms with van der Waals surface area (Å²) in [5.41, 5.74) is 3.46. The Kier molecular flexibility index (Phi) is 6.97. The number of Topliss-reactive ketones (excluding diaryl/α,β-unsaturated/α-hetero) is 1. The van der Waals surface area contributed by atoms with Gasteiger partial charge in [0.2, 0.25) is 5.75 Å². The zero-order chi connectivity index (χ0) is 26.8. The number of aliphatic carboxylic acids is 1. The molecule has 0 spiro atoms. The number of ether oxygens (including phenoxy) is 4. The number of nitrogens with zero attached hydrogens (tertiary/aromatic N) is 2. The molecule has 0 atom stereocenters. The maximum absolute atomic E-state index is 14.0. The van der Waals surface area contributed by atoms with Gasteiger partial charge in [0, 0.05) is 24.0 Å². The summed E-state index contributed by atoms with van der Waals surface area (Å²) in [6.45, 7) is 0.545. The van der Waals surface area contributed by atoms with Gasteiger partial charge in [-0.3, -0.25) is 4.79 Å². The van der Waals surface area contributed by atoms with Crippen molar-refractivity contribution in [3.63, 3.8) is 0 Å². The predicted molar refractivity (Wildman–Crippen MR) is 142 cm³/mol. The van der Waals surface area contributed by atoms with E-state index in [1.807, 2.05) is 0 Å². The summed E-state index contributed by atoms with van der Waals surface area (Å²) in [7, 11) is 4.49. The van der Waals surface area contributed by atoms with Crippen LogP contribution in [0.3, 0.4) is 0 Å². The van der Waals surface area contributed by atoms with E-state index < -0.39 is 11.8 Å². The van der Waals surface area contributed by atoms with Crippen LogP contribution >= 0.6 is 11.7 Å². The standard InChI is InChI=1S/C28H24N2O7S/c1-34-23-11-15(12-24(35-2)27(23)36-3)10-19(26(31)18-5-7-22-16(13-18)8-9-37-22)25(28(32)33)17-4-6-20-21(14-17)30-38-29-20/h4-7,11-14H,8-10H2,1-3H3,(H,32,33)/b25-19-. The van der Waals surface area contributed by atoms with Crippen LogP contribution in [0.1, 0.15) is 27.0 Å². The van der Waals surface area contributed by atoms with Gasteiger partial charge in [0.15, 0.2) is 17.3 Å². The zero-order valence-corrected chi connectivity index (χ0v) is 21.8. The Morgan fingerprint density at radius 1 is 0.921 bits per heavy atom. The van der Waals surface area contributed by atoms with Gasteiger partial charge in [0.25, 0.3) is 0 Å². The first-order valence-corrected chi connectivity index (χ1v) is 12.4. The molecule has 38 heavy (non-hydrogen) atoms. The first kappa shape index (κ1) is 25.2. The lowest BCUT2D eigenvalue weighted by atomic mass is 9.88. The minimum absolute atomic E-state index is 0.00187. The van der Waals surface area contributed by atoms with Crippen LogP contribution in [0.25, 0.3) is 16.6 Å². The van der Waals surface area contributed by atoms with Gasteiger partial charge in [-0.1, -0.05) is 6.07 Å². The molecule has 5 rings (SSSR count). The summed E-state index contributed by atoms with van der Waals surface area (Å²) >= 11 is 1.04. The molecular formula is C28H24N2O7S. The highest BCUT2D eigenvalue weighted by Gasteiger charge is 2.26. The topological polar surface area (TPSA) is 117 Å². The Labute approximate surface area is 222 Å². The number of fused-ring (bicyclic) bond motifs is 2. The molecule has 10 heteroatoms. The number of aromatic nitrogens is 2. The van der Waals surface area contributed by atoms with Crippen LogP contribution in [-0.4, -0.2) is 53.5 Å². The zero-order valence-electron chi connectivity index (χ0n) is 20.9. The number of benzene rings is 3. The van der Waals surface area contributed by atoms with Crippen molar-refractivity contribution in [2.24, 2.45) is 0 Å². The molecule has 0 saturated carbocycles. The van der Waals surface area contributed by atoms with E-state index in [2.05, 4.69) is 8.75 Å². The largest absolute Gasteiger partial charge is 0.493 e. The van der Waals surface area contributed by atoms with Crippen molar-refractivity contribution in [1.82, 2.24) is 8.75 Å². The van der Waals surface area contributed by atoms with Gasteiger partial charge in [-0.2, -0.15) is 8.75 Å². The number of carboxylic acids is 1. The third kappa shape index (κ3) is 4.66. The average Bonchev–Trinajstić information content (AvgIpc) is 3.60. The van der Waals surface area contributed by atoms with Crippen molar-refractivity contribution in [2.45, 2.75) is 12.8 Å². The molecule has 0 bridgehead atoms. The van der Waals surface area contributed by atoms with Crippen molar-refractivity contribution in [3.8, 4) is 23.0 Å². The van der Waals surface area contributed by atoms with Crippen molar-refractivity contribution >= 4 is 40.1 Å². The van der Waals surface area contributed by atoms with Gasteiger partial charge >= 0.3 is 5.97 Å². The number of carbonyl (C=O) groups excluding carboxylic acids is 1. The third-order valence-corrected chi connectivity index (χ3v) is 6.95. The summed E-state index contributed by atoms with van der Waals surface area (Å²) in [6, 6.07) is 13.6. The molecule has 2 heterocycles. The Morgan fingerprint density at radius 3 is 2.32 bits per heavy atom. The number of ketones is 1. The van der Waals surface area contributed by atoms with E-state index in [0.29, 0.717) is 58.0 Å². The minimum atomic E-state index is -1.23. The van der Waals surface area contributed by atoms with Crippen molar-refractivity contribution in [1.29, 1.82) is 0 Å². The molecule has 1 N–H and O–H groups in total. The monoisotopic (exact) mass is 532 g/mol. The third-order valence-electron chi connectivity index (χ3n) is 6.39. The highest BCUT2D eigenvalue weighted by atomic mass is 32.1. The van der Waals surface area contributed by atoms with Crippen LogP contribution in [0.15, 0.2) is 54.1 Å². The van der Waals surface area contributed by atoms with Crippen LogP contribution in [0.4, 0.5) is 0 Å². The fourth-order valence-corrected chi connectivity index (χ4v) is 5.11. The van der Waals surface area contributed by atoms with Crippen LogP contribution in [0, 0.1) is 0 Å². The number of carboxylic acid groups (broad SMARTS) is 1. The predicted octanol–water partition coefficient (Wildman–Crippen LogP) is 4.62. The molecule has 0 unspecified atom stereocenters. The molecule has 1 aliphatic heterocycles. The maximum atomic E-state index is 14.0. The lowest BCUT2D eigenvalue weighted by Crippen LogP contribution is -2.14. The van der Waals surface area contributed by atoms with E-state index in [4.69, 9.17) is 18.9 Å². The van der Waals surface area contributed by atoms with Gasteiger partial charge in [-0.25, -0.2) is 4.79 Å². The van der Waals surface area contributed by atoms with Crippen molar-refractivity contribution in [3.05, 3.63) is 76.4 Å². The number of methoxy groups -OCH3 is 3. The van der Waals surface area contributed by atoms with Crippen LogP contribution in [0.5, 0.6) is 23.0 Å². The molecule has 194 valence electrons. The maximum Gasteiger partial charge on any atom is 0.336 e. The summed E-state index contributed by atoms with van der Waals surface area (Å²) < 4.78 is 30.4. The highest BCUT2D eigenvalue weighted by molar-refractivity contribution is 7.00. The molecule has 0 amide bonds. The molecule has 3 aromatic carbocycles. The van der Waals surface area contributed by atoms with Crippen molar-refractivity contribution in [2.75, 3.05) is 27.9 Å². The first-order valence-electron chi connectivity index (χ1n) is 11.7. The Bertz CT molecular complexity index is 1570. The molecule has 1 aromatic heterocycles. The SMILES string of the molecule is COc1cc(C/C(C(=O)c2ccc3c(c2)CCO3)=C(/C(=O)O)c2ccc3nsnc3c2)cc(OC)c1OC. The lowest BCUT2D eigenvalue weighted by Gasteiger charge is -2.17. The minimum Gasteiger partial charge on any atom is -0.493 e. The molecular weight excluding hydrogens is 508 g/mol. The van der Waals surface area contributed by atoms with Crippen LogP contribution in [-0.2, 0) is 17.6 Å². The summed E-state index contributed by atoms with van der Waals surface area (Å²) in [6.07, 6.45) is 0.680. The van der Waals surface area contributed by atoms with Gasteiger partial charge in [-0.15, -0.1) is 0 Å².